The molecule has 5 heteroatoms. The van der Waals surface area contributed by atoms with Crippen LogP contribution in [0.3, 0.4) is 0 Å². The summed E-state index contributed by atoms with van der Waals surface area (Å²) >= 11 is 0. The van der Waals surface area contributed by atoms with Gasteiger partial charge in [0.2, 0.25) is 0 Å². The smallest absolute Gasteiger partial charge is 0.311 e. The van der Waals surface area contributed by atoms with Crippen molar-refractivity contribution in [3.05, 3.63) is 11.9 Å². The topological polar surface area (TPSA) is 57.0 Å². The molecule has 1 aliphatic rings. The summed E-state index contributed by atoms with van der Waals surface area (Å²) in [6.45, 7) is 6.27. The summed E-state index contributed by atoms with van der Waals surface area (Å²) in [4.78, 5) is 11.9. The van der Waals surface area contributed by atoms with Crippen molar-refractivity contribution in [3.63, 3.8) is 0 Å². The van der Waals surface area contributed by atoms with E-state index in [0.717, 1.165) is 18.5 Å². The van der Waals surface area contributed by atoms with Gasteiger partial charge in [-0.3, -0.25) is 4.79 Å². The summed E-state index contributed by atoms with van der Waals surface area (Å²) < 4.78 is 6.95. The summed E-state index contributed by atoms with van der Waals surface area (Å²) in [5.74, 6) is -0.268. The third kappa shape index (κ3) is 1.60. The second kappa shape index (κ2) is 3.88. The molecule has 2 rings (SSSR count). The van der Waals surface area contributed by atoms with Crippen molar-refractivity contribution in [2.75, 3.05) is 6.61 Å². The van der Waals surface area contributed by atoms with E-state index in [-0.39, 0.29) is 17.4 Å². The monoisotopic (exact) mass is 223 g/mol. The van der Waals surface area contributed by atoms with Gasteiger partial charge in [-0.25, -0.2) is 4.68 Å². The Morgan fingerprint density at radius 2 is 2.44 bits per heavy atom. The molecule has 0 saturated carbocycles. The zero-order valence-electron chi connectivity index (χ0n) is 9.93. The number of rotatable bonds is 2. The number of carbonyl (C=O) groups is 1. The molecule has 0 radical (unpaired) electrons. The molecule has 16 heavy (non-hydrogen) atoms. The molecular formula is C11H17N3O2. The van der Waals surface area contributed by atoms with E-state index in [9.17, 15) is 4.79 Å². The quantitative estimate of drug-likeness (QED) is 0.705. The molecule has 1 atom stereocenters. The van der Waals surface area contributed by atoms with E-state index < -0.39 is 0 Å². The normalized spacial score (nSPS) is 22.6. The maximum atomic E-state index is 11.9. The van der Waals surface area contributed by atoms with E-state index in [1.54, 1.807) is 6.20 Å². The first kappa shape index (κ1) is 11.1. The SMILES string of the molecule is CCOC(=O)C1CCc2cnnn2C1(C)C. The Bertz CT molecular complexity index is 398. The molecule has 0 aromatic carbocycles. The number of esters is 1. The number of nitrogens with zero attached hydrogens (tertiary/aromatic N) is 3. The van der Waals surface area contributed by atoms with Crippen molar-refractivity contribution in [3.8, 4) is 0 Å². The lowest BCUT2D eigenvalue weighted by atomic mass is 9.80. The minimum atomic E-state index is -0.351. The van der Waals surface area contributed by atoms with Crippen LogP contribution in [-0.4, -0.2) is 27.6 Å². The third-order valence-electron chi connectivity index (χ3n) is 3.28. The highest BCUT2D eigenvalue weighted by atomic mass is 16.5. The Hall–Kier alpha value is -1.39. The Kier molecular flexibility index (Phi) is 2.69. The van der Waals surface area contributed by atoms with Crippen LogP contribution in [0.4, 0.5) is 0 Å². The molecule has 0 saturated heterocycles. The van der Waals surface area contributed by atoms with Gasteiger partial charge in [0.1, 0.15) is 0 Å². The average Bonchev–Trinajstić information content (AvgIpc) is 2.66. The molecule has 0 amide bonds. The molecule has 5 nitrogen and oxygen atoms in total. The van der Waals surface area contributed by atoms with Gasteiger partial charge in [0.25, 0.3) is 0 Å². The van der Waals surface area contributed by atoms with Crippen LogP contribution in [-0.2, 0) is 21.5 Å². The molecule has 0 spiro atoms. The second-order valence-corrected chi connectivity index (χ2v) is 4.63. The van der Waals surface area contributed by atoms with Gasteiger partial charge in [-0.05, 0) is 33.6 Å². The summed E-state index contributed by atoms with van der Waals surface area (Å²) in [7, 11) is 0. The van der Waals surface area contributed by atoms with Crippen molar-refractivity contribution >= 4 is 5.97 Å². The minimum absolute atomic E-state index is 0.131. The number of fused-ring (bicyclic) bond motifs is 1. The second-order valence-electron chi connectivity index (χ2n) is 4.63. The zero-order valence-corrected chi connectivity index (χ0v) is 9.93. The molecule has 1 aromatic rings. The van der Waals surface area contributed by atoms with Crippen LogP contribution in [0.1, 0.15) is 32.9 Å². The minimum Gasteiger partial charge on any atom is -0.466 e. The van der Waals surface area contributed by atoms with Gasteiger partial charge in [0.15, 0.2) is 0 Å². The number of aromatic nitrogens is 3. The standard InChI is InChI=1S/C11H17N3O2/c1-4-16-10(15)9-6-5-8-7-12-13-14(8)11(9,2)3/h7,9H,4-6H2,1-3H3. The molecule has 0 aliphatic carbocycles. The van der Waals surface area contributed by atoms with Crippen LogP contribution in [0.15, 0.2) is 6.20 Å². The number of carbonyl (C=O) groups excluding carboxylic acids is 1. The van der Waals surface area contributed by atoms with E-state index in [4.69, 9.17) is 4.74 Å². The lowest BCUT2D eigenvalue weighted by Gasteiger charge is -2.37. The largest absolute Gasteiger partial charge is 0.466 e. The van der Waals surface area contributed by atoms with Gasteiger partial charge in [0.05, 0.1) is 30.0 Å². The van der Waals surface area contributed by atoms with Crippen LogP contribution < -0.4 is 0 Å². The number of hydrogen-bond acceptors (Lipinski definition) is 4. The number of hydrogen-bond donors (Lipinski definition) is 0. The Labute approximate surface area is 94.8 Å². The third-order valence-corrected chi connectivity index (χ3v) is 3.28. The molecule has 1 aliphatic heterocycles. The summed E-state index contributed by atoms with van der Waals surface area (Å²) in [6, 6.07) is 0. The molecule has 2 heterocycles. The van der Waals surface area contributed by atoms with E-state index in [1.165, 1.54) is 0 Å². The molecule has 88 valence electrons. The van der Waals surface area contributed by atoms with Crippen molar-refractivity contribution < 1.29 is 9.53 Å². The first-order valence-corrected chi connectivity index (χ1v) is 5.64. The van der Waals surface area contributed by atoms with Crippen molar-refractivity contribution in [1.82, 2.24) is 15.0 Å². The molecular weight excluding hydrogens is 206 g/mol. The average molecular weight is 223 g/mol. The molecule has 0 bridgehead atoms. The summed E-state index contributed by atoms with van der Waals surface area (Å²) in [5, 5.41) is 7.96. The highest BCUT2D eigenvalue weighted by Gasteiger charge is 2.42. The van der Waals surface area contributed by atoms with E-state index in [0.29, 0.717) is 6.61 Å². The fourth-order valence-corrected chi connectivity index (χ4v) is 2.35. The van der Waals surface area contributed by atoms with Gasteiger partial charge in [-0.1, -0.05) is 5.21 Å². The van der Waals surface area contributed by atoms with E-state index >= 15 is 0 Å². The van der Waals surface area contributed by atoms with Gasteiger partial charge >= 0.3 is 5.97 Å². The predicted octanol–water partition coefficient (Wildman–Crippen LogP) is 1.14. The van der Waals surface area contributed by atoms with Gasteiger partial charge < -0.3 is 4.74 Å². The van der Waals surface area contributed by atoms with Crippen LogP contribution >= 0.6 is 0 Å². The fourth-order valence-electron chi connectivity index (χ4n) is 2.35. The maximum Gasteiger partial charge on any atom is 0.311 e. The first-order valence-electron chi connectivity index (χ1n) is 5.64. The molecule has 1 aromatic heterocycles. The van der Waals surface area contributed by atoms with Gasteiger partial charge in [-0.2, -0.15) is 0 Å². The number of ether oxygens (including phenoxy) is 1. The van der Waals surface area contributed by atoms with Gasteiger partial charge in [-0.15, -0.1) is 5.10 Å². The van der Waals surface area contributed by atoms with Crippen LogP contribution in [0.25, 0.3) is 0 Å². The van der Waals surface area contributed by atoms with Gasteiger partial charge in [0, 0.05) is 0 Å². The summed E-state index contributed by atoms with van der Waals surface area (Å²) in [6.07, 6.45) is 3.41. The maximum absolute atomic E-state index is 11.9. The van der Waals surface area contributed by atoms with Crippen LogP contribution in [0, 0.1) is 5.92 Å². The highest BCUT2D eigenvalue weighted by molar-refractivity contribution is 5.73. The fraction of sp³-hybridized carbons (Fsp3) is 0.727. The lowest BCUT2D eigenvalue weighted by molar-refractivity contribution is -0.153. The predicted molar refractivity (Wildman–Crippen MR) is 57.8 cm³/mol. The lowest BCUT2D eigenvalue weighted by Crippen LogP contribution is -2.45. The van der Waals surface area contributed by atoms with Crippen molar-refractivity contribution in [1.29, 1.82) is 0 Å². The summed E-state index contributed by atoms with van der Waals surface area (Å²) in [5.41, 5.74) is 0.738. The Morgan fingerprint density at radius 3 is 3.12 bits per heavy atom. The number of aryl methyl sites for hydroxylation is 1. The van der Waals surface area contributed by atoms with Crippen LogP contribution in [0.2, 0.25) is 0 Å². The van der Waals surface area contributed by atoms with Crippen molar-refractivity contribution in [2.45, 2.75) is 39.2 Å². The Morgan fingerprint density at radius 1 is 1.69 bits per heavy atom. The first-order chi connectivity index (χ1) is 7.57. The van der Waals surface area contributed by atoms with Crippen LogP contribution in [0.5, 0.6) is 0 Å². The molecule has 1 unspecified atom stereocenters. The van der Waals surface area contributed by atoms with E-state index in [1.807, 2.05) is 25.5 Å². The van der Waals surface area contributed by atoms with Crippen molar-refractivity contribution in [2.24, 2.45) is 5.92 Å². The highest BCUT2D eigenvalue weighted by Crippen LogP contribution is 2.35. The zero-order chi connectivity index (χ0) is 11.8. The Balaban J connectivity index is 2.29. The van der Waals surface area contributed by atoms with E-state index in [2.05, 4.69) is 10.3 Å². The molecule has 0 N–H and O–H groups in total. The molecule has 0 fully saturated rings.